The summed E-state index contributed by atoms with van der Waals surface area (Å²) >= 11 is 0. The smallest absolute Gasteiger partial charge is 0.258 e. The molecular formula is C29H28N6O6S. The van der Waals surface area contributed by atoms with E-state index in [9.17, 15) is 13.2 Å². The van der Waals surface area contributed by atoms with Crippen molar-refractivity contribution in [3.05, 3.63) is 77.9 Å². The van der Waals surface area contributed by atoms with Gasteiger partial charge in [-0.1, -0.05) is 30.3 Å². The number of sulfonamides is 1. The molecule has 0 atom stereocenters. The van der Waals surface area contributed by atoms with Crippen LogP contribution in [0.4, 0.5) is 5.95 Å². The number of methoxy groups -OCH3 is 2. The van der Waals surface area contributed by atoms with Crippen molar-refractivity contribution in [2.45, 2.75) is 11.4 Å². The predicted molar refractivity (Wildman–Crippen MR) is 155 cm³/mol. The fourth-order valence-corrected chi connectivity index (χ4v) is 6.40. The van der Waals surface area contributed by atoms with Crippen LogP contribution in [0.25, 0.3) is 22.1 Å². The number of hydrogen-bond donors (Lipinski definition) is 1. The molecule has 1 fully saturated rings. The van der Waals surface area contributed by atoms with E-state index in [4.69, 9.17) is 14.2 Å². The average molecular weight is 589 g/mol. The monoisotopic (exact) mass is 588 g/mol. The lowest BCUT2D eigenvalue weighted by Crippen LogP contribution is -2.40. The van der Waals surface area contributed by atoms with Gasteiger partial charge in [0.2, 0.25) is 10.0 Å². The first-order chi connectivity index (χ1) is 20.4. The number of aromatic nitrogens is 4. The lowest BCUT2D eigenvalue weighted by Gasteiger charge is -2.26. The van der Waals surface area contributed by atoms with Gasteiger partial charge in [-0.05, 0) is 42.0 Å². The summed E-state index contributed by atoms with van der Waals surface area (Å²) in [5.74, 6) is 0.446. The number of rotatable bonds is 8. The molecule has 0 bridgehead atoms. The second kappa shape index (κ2) is 11.4. The third-order valence-corrected chi connectivity index (χ3v) is 8.99. The molecule has 1 N–H and O–H groups in total. The summed E-state index contributed by atoms with van der Waals surface area (Å²) in [7, 11) is -0.733. The van der Waals surface area contributed by atoms with Crippen LogP contribution in [0.1, 0.15) is 15.9 Å². The van der Waals surface area contributed by atoms with Gasteiger partial charge in [0.25, 0.3) is 11.9 Å². The van der Waals surface area contributed by atoms with E-state index in [1.165, 1.54) is 18.5 Å². The Morgan fingerprint density at radius 3 is 2.45 bits per heavy atom. The molecule has 6 rings (SSSR count). The van der Waals surface area contributed by atoms with Crippen LogP contribution in [-0.2, 0) is 21.3 Å². The molecule has 0 aliphatic carbocycles. The van der Waals surface area contributed by atoms with Gasteiger partial charge in [-0.2, -0.15) is 9.29 Å². The highest BCUT2D eigenvalue weighted by molar-refractivity contribution is 7.89. The summed E-state index contributed by atoms with van der Waals surface area (Å²) in [6, 6.07) is 19.6. The van der Waals surface area contributed by atoms with Crippen molar-refractivity contribution < 1.29 is 27.4 Å². The van der Waals surface area contributed by atoms with Gasteiger partial charge in [0.1, 0.15) is 5.52 Å². The normalized spacial score (nSPS) is 14.2. The lowest BCUT2D eigenvalue weighted by molar-refractivity contribution is 0.0730. The van der Waals surface area contributed by atoms with Crippen LogP contribution in [0.2, 0.25) is 0 Å². The maximum atomic E-state index is 13.4. The Labute approximate surface area is 241 Å². The Bertz CT molecular complexity index is 1890. The molecule has 0 unspecified atom stereocenters. The maximum Gasteiger partial charge on any atom is 0.258 e. The molecule has 3 aromatic carbocycles. The summed E-state index contributed by atoms with van der Waals surface area (Å²) in [6.07, 6.45) is 0. The van der Waals surface area contributed by atoms with E-state index in [2.05, 4.69) is 20.5 Å². The van der Waals surface area contributed by atoms with E-state index in [0.717, 1.165) is 11.1 Å². The molecule has 13 heteroatoms. The first-order valence-electron chi connectivity index (χ1n) is 13.2. The Morgan fingerprint density at radius 1 is 0.952 bits per heavy atom. The fraction of sp³-hybridized carbons (Fsp3) is 0.241. The maximum absolute atomic E-state index is 13.4. The largest absolute Gasteiger partial charge is 0.493 e. The van der Waals surface area contributed by atoms with Crippen LogP contribution >= 0.6 is 0 Å². The molecule has 0 spiro atoms. The predicted octanol–water partition coefficient (Wildman–Crippen LogP) is 3.32. The van der Waals surface area contributed by atoms with Crippen molar-refractivity contribution in [2.75, 3.05) is 45.8 Å². The number of carbonyl (C=O) groups is 1. The summed E-state index contributed by atoms with van der Waals surface area (Å²) in [6.45, 7) is 1.73. The molecular weight excluding hydrogens is 560 g/mol. The molecule has 1 amide bonds. The van der Waals surface area contributed by atoms with E-state index in [-0.39, 0.29) is 10.8 Å². The van der Waals surface area contributed by atoms with Gasteiger partial charge >= 0.3 is 0 Å². The minimum absolute atomic E-state index is 0.000523. The van der Waals surface area contributed by atoms with Crippen molar-refractivity contribution in [1.29, 1.82) is 0 Å². The molecule has 5 aromatic rings. The van der Waals surface area contributed by atoms with Gasteiger partial charge in [-0.15, -0.1) is 10.2 Å². The van der Waals surface area contributed by atoms with E-state index in [0.29, 0.717) is 66.5 Å². The number of hydrogen-bond acceptors (Lipinski definition) is 9. The van der Waals surface area contributed by atoms with Crippen LogP contribution in [0.5, 0.6) is 11.5 Å². The Hall–Kier alpha value is -4.59. The Kier molecular flexibility index (Phi) is 7.45. The average Bonchev–Trinajstić information content (AvgIpc) is 3.33. The van der Waals surface area contributed by atoms with Gasteiger partial charge in [0, 0.05) is 30.6 Å². The third kappa shape index (κ3) is 5.13. The van der Waals surface area contributed by atoms with E-state index < -0.39 is 15.9 Å². The highest BCUT2D eigenvalue weighted by Crippen LogP contribution is 2.31. The number of ether oxygens (including phenoxy) is 3. The number of anilines is 1. The number of nitrogens with zero attached hydrogens (tertiary/aromatic N) is 5. The topological polar surface area (TPSA) is 138 Å². The van der Waals surface area contributed by atoms with Gasteiger partial charge in [0.15, 0.2) is 17.1 Å². The number of fused-ring (bicyclic) bond motifs is 3. The third-order valence-electron chi connectivity index (χ3n) is 7.10. The van der Waals surface area contributed by atoms with E-state index in [1.54, 1.807) is 36.4 Å². The molecule has 2 aromatic heterocycles. The molecule has 216 valence electrons. The molecule has 1 aliphatic rings. The zero-order valence-electron chi connectivity index (χ0n) is 23.0. The van der Waals surface area contributed by atoms with E-state index in [1.807, 2.05) is 34.9 Å². The number of nitrogens with one attached hydrogen (secondary N) is 1. The summed E-state index contributed by atoms with van der Waals surface area (Å²) in [5.41, 5.74) is 2.94. The SMILES string of the molecule is COc1ccc(C(=O)Nc2nnc3c4cc(S(=O)(=O)N5CCOCC5)ccc4n(Cc4ccccc4)c3n2)cc1OC. The minimum atomic E-state index is -3.74. The number of benzene rings is 3. The second-order valence-corrected chi connectivity index (χ2v) is 11.5. The Morgan fingerprint density at radius 2 is 1.71 bits per heavy atom. The first kappa shape index (κ1) is 27.6. The van der Waals surface area contributed by atoms with E-state index >= 15 is 0 Å². The van der Waals surface area contributed by atoms with Gasteiger partial charge in [-0.25, -0.2) is 8.42 Å². The van der Waals surface area contributed by atoms with Crippen molar-refractivity contribution in [1.82, 2.24) is 24.1 Å². The molecule has 0 saturated carbocycles. The summed E-state index contributed by atoms with van der Waals surface area (Å²) in [4.78, 5) is 17.9. The molecule has 3 heterocycles. The molecule has 1 saturated heterocycles. The standard InChI is InChI=1S/C29H28N6O6S/c1-39-24-11-8-20(16-25(24)40-2)28(36)31-29-30-27-26(32-33-29)22-17-21(42(37,38)34-12-14-41-15-13-34)9-10-23(22)35(27)18-19-6-4-3-5-7-19/h3-11,16-17H,12-15,18H2,1-2H3,(H,30,31,33,36). The molecule has 1 aliphatic heterocycles. The summed E-state index contributed by atoms with van der Waals surface area (Å²) in [5, 5.41) is 11.9. The quantitative estimate of drug-likeness (QED) is 0.289. The molecule has 0 radical (unpaired) electrons. The highest BCUT2D eigenvalue weighted by atomic mass is 32.2. The first-order valence-corrected chi connectivity index (χ1v) is 14.6. The summed E-state index contributed by atoms with van der Waals surface area (Å²) < 4.78 is 46.1. The Balaban J connectivity index is 1.42. The lowest BCUT2D eigenvalue weighted by atomic mass is 10.2. The molecule has 42 heavy (non-hydrogen) atoms. The van der Waals surface area contributed by atoms with Crippen LogP contribution < -0.4 is 14.8 Å². The second-order valence-electron chi connectivity index (χ2n) is 9.60. The zero-order chi connectivity index (χ0) is 29.3. The van der Waals surface area contributed by atoms with Crippen LogP contribution in [0, 0.1) is 0 Å². The number of carbonyl (C=O) groups excluding carboxylic acids is 1. The number of morpholine rings is 1. The number of amides is 1. The van der Waals surface area contributed by atoms with Crippen LogP contribution in [0.15, 0.2) is 71.6 Å². The minimum Gasteiger partial charge on any atom is -0.493 e. The van der Waals surface area contributed by atoms with Crippen molar-refractivity contribution >= 4 is 43.9 Å². The fourth-order valence-electron chi connectivity index (χ4n) is 4.96. The van der Waals surface area contributed by atoms with Crippen molar-refractivity contribution in [3.63, 3.8) is 0 Å². The van der Waals surface area contributed by atoms with Gasteiger partial charge in [-0.3, -0.25) is 10.1 Å². The van der Waals surface area contributed by atoms with Crippen LogP contribution in [0.3, 0.4) is 0 Å². The molecule has 12 nitrogen and oxygen atoms in total. The zero-order valence-corrected chi connectivity index (χ0v) is 23.8. The van der Waals surface area contributed by atoms with Gasteiger partial charge in [0.05, 0.1) is 37.8 Å². The highest BCUT2D eigenvalue weighted by Gasteiger charge is 2.28. The van der Waals surface area contributed by atoms with Crippen LogP contribution in [-0.4, -0.2) is 78.9 Å². The van der Waals surface area contributed by atoms with Crippen molar-refractivity contribution in [3.8, 4) is 11.5 Å². The van der Waals surface area contributed by atoms with Crippen molar-refractivity contribution in [2.24, 2.45) is 0 Å². The van der Waals surface area contributed by atoms with Gasteiger partial charge < -0.3 is 18.8 Å².